The molecule has 0 fully saturated rings. The zero-order valence-electron chi connectivity index (χ0n) is 6.95. The molecule has 7 nitrogen and oxygen atoms in total. The van der Waals surface area contributed by atoms with Crippen LogP contribution in [0.3, 0.4) is 0 Å². The van der Waals surface area contributed by atoms with E-state index in [-0.39, 0.29) is 6.61 Å². The average Bonchev–Trinajstić information content (AvgIpc) is 2.14. The van der Waals surface area contributed by atoms with E-state index in [0.29, 0.717) is 0 Å². The van der Waals surface area contributed by atoms with E-state index in [1.807, 2.05) is 0 Å². The molecule has 13 heavy (non-hydrogen) atoms. The average molecular weight is 197 g/mol. The van der Waals surface area contributed by atoms with Gasteiger partial charge in [-0.25, -0.2) is 5.90 Å². The summed E-state index contributed by atoms with van der Waals surface area (Å²) in [7, 11) is 0. The summed E-state index contributed by atoms with van der Waals surface area (Å²) in [5, 5.41) is 44.5. The first-order valence-electron chi connectivity index (χ1n) is 3.69. The molecule has 0 radical (unpaired) electrons. The number of nitrogens with two attached hydrogens (primary N) is 1. The van der Waals surface area contributed by atoms with E-state index in [4.69, 9.17) is 25.5 Å². The van der Waals surface area contributed by atoms with Crippen LogP contribution in [0.2, 0.25) is 0 Å². The van der Waals surface area contributed by atoms with Crippen LogP contribution >= 0.6 is 0 Å². The third-order valence-corrected chi connectivity index (χ3v) is 1.59. The monoisotopic (exact) mass is 197 g/mol. The van der Waals surface area contributed by atoms with Gasteiger partial charge in [-0.2, -0.15) is 0 Å². The van der Waals surface area contributed by atoms with Crippen LogP contribution < -0.4 is 5.90 Å². The fourth-order valence-electron chi connectivity index (χ4n) is 0.760. The highest BCUT2D eigenvalue weighted by molar-refractivity contribution is 4.80. The third kappa shape index (κ3) is 3.96. The number of aliphatic hydroxyl groups excluding tert-OH is 5. The summed E-state index contributed by atoms with van der Waals surface area (Å²) in [6.07, 6.45) is -6.19. The lowest BCUT2D eigenvalue weighted by atomic mass is 10.0. The van der Waals surface area contributed by atoms with E-state index in [1.54, 1.807) is 0 Å². The van der Waals surface area contributed by atoms with Crippen molar-refractivity contribution in [3.05, 3.63) is 0 Å². The number of hydrogen-bond acceptors (Lipinski definition) is 7. The van der Waals surface area contributed by atoms with Gasteiger partial charge in [-0.15, -0.1) is 0 Å². The van der Waals surface area contributed by atoms with Crippen molar-refractivity contribution in [2.45, 2.75) is 24.4 Å². The molecule has 0 aromatic carbocycles. The number of rotatable bonds is 6. The maximum absolute atomic E-state index is 9.11. The molecule has 0 heterocycles. The topological polar surface area (TPSA) is 136 Å². The lowest BCUT2D eigenvalue weighted by molar-refractivity contribution is -0.129. The van der Waals surface area contributed by atoms with Crippen LogP contribution in [0, 0.1) is 0 Å². The third-order valence-electron chi connectivity index (χ3n) is 1.59. The molecule has 0 unspecified atom stereocenters. The summed E-state index contributed by atoms with van der Waals surface area (Å²) < 4.78 is 0. The van der Waals surface area contributed by atoms with Gasteiger partial charge >= 0.3 is 0 Å². The Labute approximate surface area is 74.9 Å². The highest BCUT2D eigenvalue weighted by atomic mass is 16.6. The van der Waals surface area contributed by atoms with Crippen molar-refractivity contribution in [1.82, 2.24) is 0 Å². The highest BCUT2D eigenvalue weighted by Gasteiger charge is 2.29. The predicted molar refractivity (Wildman–Crippen MR) is 41.3 cm³/mol. The van der Waals surface area contributed by atoms with Gasteiger partial charge in [-0.3, -0.25) is 0 Å². The van der Waals surface area contributed by atoms with E-state index < -0.39 is 31.0 Å². The summed E-state index contributed by atoms with van der Waals surface area (Å²) in [6.45, 7) is -1.09. The predicted octanol–water partition coefficient (Wildman–Crippen LogP) is -3.69. The van der Waals surface area contributed by atoms with Gasteiger partial charge in [-0.05, 0) is 0 Å². The summed E-state index contributed by atoms with van der Waals surface area (Å²) in [5.41, 5.74) is 0. The van der Waals surface area contributed by atoms with Gasteiger partial charge in [0.15, 0.2) is 0 Å². The zero-order chi connectivity index (χ0) is 10.4. The molecule has 0 saturated heterocycles. The maximum atomic E-state index is 9.11. The van der Waals surface area contributed by atoms with Gasteiger partial charge in [0.2, 0.25) is 0 Å². The first kappa shape index (κ1) is 12.7. The molecule has 0 rings (SSSR count). The van der Waals surface area contributed by atoms with Gasteiger partial charge in [0.05, 0.1) is 13.2 Å². The molecule has 0 amide bonds. The van der Waals surface area contributed by atoms with E-state index in [9.17, 15) is 0 Å². The van der Waals surface area contributed by atoms with Crippen molar-refractivity contribution < 1.29 is 30.4 Å². The first-order valence-corrected chi connectivity index (χ1v) is 3.69. The number of aliphatic hydroxyl groups is 5. The van der Waals surface area contributed by atoms with Crippen LogP contribution in [0.5, 0.6) is 0 Å². The summed E-state index contributed by atoms with van der Waals surface area (Å²) in [5.74, 6) is 4.61. The minimum atomic E-state index is -1.64. The minimum absolute atomic E-state index is 0.379. The molecule has 0 aliphatic carbocycles. The van der Waals surface area contributed by atoms with E-state index in [1.165, 1.54) is 0 Å². The number of hydrogen-bond donors (Lipinski definition) is 6. The van der Waals surface area contributed by atoms with Crippen LogP contribution in [-0.4, -0.2) is 63.2 Å². The molecule has 7 N–H and O–H groups in total. The Morgan fingerprint density at radius 2 is 1.46 bits per heavy atom. The molecule has 0 aliphatic heterocycles. The van der Waals surface area contributed by atoms with E-state index >= 15 is 0 Å². The van der Waals surface area contributed by atoms with Crippen molar-refractivity contribution in [2.24, 2.45) is 5.90 Å². The van der Waals surface area contributed by atoms with Gasteiger partial charge in [0, 0.05) is 0 Å². The van der Waals surface area contributed by atoms with Crippen molar-refractivity contribution in [2.75, 3.05) is 13.2 Å². The molecule has 80 valence electrons. The Kier molecular flexibility index (Phi) is 6.08. The van der Waals surface area contributed by atoms with Crippen molar-refractivity contribution >= 4 is 0 Å². The van der Waals surface area contributed by atoms with Crippen molar-refractivity contribution in [3.63, 3.8) is 0 Å². The minimum Gasteiger partial charge on any atom is -0.394 e. The standard InChI is InChI=1S/C6H15NO6/c7-13-2-4(10)6(12)5(11)3(9)1-8/h3-6,8-12H,1-2,7H2/t3-,4+,5-,6-/m1/s1. The molecule has 0 aromatic rings. The van der Waals surface area contributed by atoms with Gasteiger partial charge < -0.3 is 30.4 Å². The lowest BCUT2D eigenvalue weighted by Crippen LogP contribution is -2.47. The van der Waals surface area contributed by atoms with Crippen LogP contribution in [0.15, 0.2) is 0 Å². The normalized spacial score (nSPS) is 20.8. The first-order chi connectivity index (χ1) is 6.04. The second-order valence-corrected chi connectivity index (χ2v) is 2.63. The SMILES string of the molecule is NOC[C@H](O)[C@@H](O)[C@H](O)[C@H](O)CO. The van der Waals surface area contributed by atoms with E-state index in [2.05, 4.69) is 10.7 Å². The molecular formula is C6H15NO6. The van der Waals surface area contributed by atoms with Crippen molar-refractivity contribution in [3.8, 4) is 0 Å². The fourth-order valence-corrected chi connectivity index (χ4v) is 0.760. The van der Waals surface area contributed by atoms with Gasteiger partial charge in [0.1, 0.15) is 24.4 Å². The van der Waals surface area contributed by atoms with E-state index in [0.717, 1.165) is 0 Å². The fraction of sp³-hybridized carbons (Fsp3) is 1.00. The summed E-state index contributed by atoms with van der Waals surface area (Å²) in [6, 6.07) is 0. The smallest absolute Gasteiger partial charge is 0.111 e. The Balaban J connectivity index is 3.99. The van der Waals surface area contributed by atoms with Crippen LogP contribution in [0.4, 0.5) is 0 Å². The Bertz CT molecular complexity index is 134. The molecule has 0 bridgehead atoms. The Morgan fingerprint density at radius 3 is 1.85 bits per heavy atom. The lowest BCUT2D eigenvalue weighted by Gasteiger charge is -2.24. The maximum Gasteiger partial charge on any atom is 0.111 e. The molecule has 0 saturated carbocycles. The van der Waals surface area contributed by atoms with Crippen LogP contribution in [0.25, 0.3) is 0 Å². The molecule has 0 spiro atoms. The second-order valence-electron chi connectivity index (χ2n) is 2.63. The summed E-state index contributed by atoms with van der Waals surface area (Å²) in [4.78, 5) is 4.02. The van der Waals surface area contributed by atoms with Crippen LogP contribution in [-0.2, 0) is 4.84 Å². The molecular weight excluding hydrogens is 182 g/mol. The summed E-state index contributed by atoms with van der Waals surface area (Å²) >= 11 is 0. The Morgan fingerprint density at radius 1 is 1.00 bits per heavy atom. The van der Waals surface area contributed by atoms with Gasteiger partial charge in [0.25, 0.3) is 0 Å². The van der Waals surface area contributed by atoms with Crippen LogP contribution in [0.1, 0.15) is 0 Å². The molecule has 7 heteroatoms. The Hall–Kier alpha value is -0.280. The molecule has 4 atom stereocenters. The highest BCUT2D eigenvalue weighted by Crippen LogP contribution is 2.04. The second kappa shape index (κ2) is 6.22. The quantitative estimate of drug-likeness (QED) is 0.241. The van der Waals surface area contributed by atoms with Crippen molar-refractivity contribution in [1.29, 1.82) is 0 Å². The molecule has 0 aromatic heterocycles. The zero-order valence-corrected chi connectivity index (χ0v) is 6.95. The molecule has 0 aliphatic rings. The van der Waals surface area contributed by atoms with Gasteiger partial charge in [-0.1, -0.05) is 0 Å². The largest absolute Gasteiger partial charge is 0.394 e.